The topological polar surface area (TPSA) is 152 Å². The summed E-state index contributed by atoms with van der Waals surface area (Å²) < 4.78 is 15.7. The van der Waals surface area contributed by atoms with Gasteiger partial charge >= 0.3 is 0 Å². The maximum absolute atomic E-state index is 13.6. The molecule has 11 heteroatoms. The molecule has 2 aromatic rings. The van der Waals surface area contributed by atoms with E-state index < -0.39 is 41.4 Å². The van der Waals surface area contributed by atoms with Gasteiger partial charge in [0.05, 0.1) is 19.3 Å². The van der Waals surface area contributed by atoms with E-state index in [1.165, 1.54) is 13.2 Å². The number of methoxy groups -OCH3 is 1. The third kappa shape index (κ3) is 8.46. The largest absolute Gasteiger partial charge is 0.382 e. The van der Waals surface area contributed by atoms with Crippen LogP contribution in [-0.4, -0.2) is 72.7 Å². The van der Waals surface area contributed by atoms with Gasteiger partial charge in [0, 0.05) is 25.5 Å². The van der Waals surface area contributed by atoms with Crippen molar-refractivity contribution in [3.63, 3.8) is 0 Å². The maximum Gasteiger partial charge on any atom is 0.274 e. The number of Topliss-reactive ketones (excluding diaryl/α,β-unsaturated/α-hetero) is 1. The first-order valence-corrected chi connectivity index (χ1v) is 13.5. The van der Waals surface area contributed by atoms with E-state index in [1.54, 1.807) is 6.92 Å². The average molecular weight is 557 g/mol. The number of ether oxygens (including phenoxy) is 2. The lowest BCUT2D eigenvalue weighted by Crippen LogP contribution is -2.58. The van der Waals surface area contributed by atoms with Crippen molar-refractivity contribution in [2.45, 2.75) is 77.1 Å². The van der Waals surface area contributed by atoms with Gasteiger partial charge in [-0.3, -0.25) is 19.2 Å². The molecule has 3 amide bonds. The van der Waals surface area contributed by atoms with Crippen LogP contribution >= 0.6 is 0 Å². The molecule has 0 spiro atoms. The highest BCUT2D eigenvalue weighted by atomic mass is 16.6. The SMILES string of the molecule is COCC(NC(=O)c1cc(C(C)C)on1)C(=O)N[C@@H](Cc1ccccc1)C(=O)NC(CC(C)C)C(=O)C1(C)CO1. The number of benzene rings is 1. The minimum absolute atomic E-state index is 0.0296. The molecule has 4 atom stereocenters. The molecule has 0 aliphatic carbocycles. The Morgan fingerprint density at radius 1 is 0.975 bits per heavy atom. The summed E-state index contributed by atoms with van der Waals surface area (Å²) in [5.74, 6) is -1.25. The van der Waals surface area contributed by atoms with Crippen LogP contribution in [0.1, 0.15) is 68.8 Å². The zero-order valence-electron chi connectivity index (χ0n) is 24.0. The Morgan fingerprint density at radius 3 is 2.15 bits per heavy atom. The third-order valence-corrected chi connectivity index (χ3v) is 6.64. The van der Waals surface area contributed by atoms with Crippen molar-refractivity contribution in [1.82, 2.24) is 21.1 Å². The van der Waals surface area contributed by atoms with Gasteiger partial charge in [0.2, 0.25) is 11.8 Å². The summed E-state index contributed by atoms with van der Waals surface area (Å²) in [6.07, 6.45) is 0.595. The number of carbonyl (C=O) groups excluding carboxylic acids is 4. The van der Waals surface area contributed by atoms with Crippen molar-refractivity contribution in [1.29, 1.82) is 0 Å². The highest BCUT2D eigenvalue weighted by molar-refractivity contribution is 5.99. The number of hydrogen-bond acceptors (Lipinski definition) is 8. The molecule has 1 aromatic carbocycles. The molecule has 1 saturated heterocycles. The van der Waals surface area contributed by atoms with Gasteiger partial charge in [-0.1, -0.05) is 63.2 Å². The molecule has 1 aliphatic heterocycles. The molecule has 1 aliphatic rings. The summed E-state index contributed by atoms with van der Waals surface area (Å²) in [7, 11) is 1.40. The molecule has 0 saturated carbocycles. The number of rotatable bonds is 15. The zero-order valence-corrected chi connectivity index (χ0v) is 24.0. The third-order valence-electron chi connectivity index (χ3n) is 6.64. The average Bonchev–Trinajstić information content (AvgIpc) is 3.45. The lowest BCUT2D eigenvalue weighted by Gasteiger charge is -2.26. The van der Waals surface area contributed by atoms with Crippen LogP contribution in [-0.2, 0) is 30.3 Å². The first-order chi connectivity index (χ1) is 18.9. The van der Waals surface area contributed by atoms with Crippen LogP contribution in [0.2, 0.25) is 0 Å². The molecule has 11 nitrogen and oxygen atoms in total. The van der Waals surface area contributed by atoms with Gasteiger partial charge < -0.3 is 29.9 Å². The van der Waals surface area contributed by atoms with E-state index in [-0.39, 0.29) is 36.3 Å². The van der Waals surface area contributed by atoms with Gasteiger partial charge in [0.15, 0.2) is 11.5 Å². The zero-order chi connectivity index (χ0) is 29.4. The minimum atomic E-state index is -1.12. The standard InChI is InChI=1S/C29H40N4O7/c1-17(2)12-20(25(34)29(5)16-39-29)30-26(35)21(13-19-10-8-7-9-11-19)31-28(37)23(15-38-6)32-27(36)22-14-24(18(3)4)40-33-22/h7-11,14,17-18,20-21,23H,12-13,15-16H2,1-6H3,(H,30,35)(H,31,37)(H,32,36)/t20?,21-,23?,29?/m0/s1. The van der Waals surface area contributed by atoms with Crippen LogP contribution in [0.4, 0.5) is 0 Å². The molecular weight excluding hydrogens is 516 g/mol. The summed E-state index contributed by atoms with van der Waals surface area (Å²) >= 11 is 0. The summed E-state index contributed by atoms with van der Waals surface area (Å²) in [6, 6.07) is 7.80. The Bertz CT molecular complexity index is 1170. The van der Waals surface area contributed by atoms with Gasteiger partial charge in [0.25, 0.3) is 5.91 Å². The second-order valence-corrected chi connectivity index (χ2v) is 11.1. The van der Waals surface area contributed by atoms with E-state index >= 15 is 0 Å². The van der Waals surface area contributed by atoms with Crippen LogP contribution in [0, 0.1) is 5.92 Å². The second kappa shape index (κ2) is 13.7. The normalized spacial score (nSPS) is 18.6. The predicted octanol–water partition coefficient (Wildman–Crippen LogP) is 2.16. The Labute approximate surface area is 234 Å². The van der Waals surface area contributed by atoms with Crippen molar-refractivity contribution in [2.24, 2.45) is 5.92 Å². The maximum atomic E-state index is 13.6. The number of nitrogens with zero attached hydrogens (tertiary/aromatic N) is 1. The molecule has 0 radical (unpaired) electrons. The van der Waals surface area contributed by atoms with Crippen molar-refractivity contribution in [3.05, 3.63) is 53.4 Å². The highest BCUT2D eigenvalue weighted by Crippen LogP contribution is 2.29. The molecule has 40 heavy (non-hydrogen) atoms. The Balaban J connectivity index is 1.78. The van der Waals surface area contributed by atoms with Gasteiger partial charge in [-0.25, -0.2) is 0 Å². The first kappa shape index (κ1) is 31.0. The lowest BCUT2D eigenvalue weighted by molar-refractivity contribution is -0.133. The highest BCUT2D eigenvalue weighted by Gasteiger charge is 2.50. The van der Waals surface area contributed by atoms with E-state index in [9.17, 15) is 19.2 Å². The van der Waals surface area contributed by atoms with Crippen LogP contribution in [0.25, 0.3) is 0 Å². The monoisotopic (exact) mass is 556 g/mol. The predicted molar refractivity (Wildman–Crippen MR) is 147 cm³/mol. The van der Waals surface area contributed by atoms with Crippen molar-refractivity contribution < 1.29 is 33.2 Å². The summed E-state index contributed by atoms with van der Waals surface area (Å²) in [6.45, 7) is 9.59. The summed E-state index contributed by atoms with van der Waals surface area (Å²) in [4.78, 5) is 52.8. The molecule has 1 aromatic heterocycles. The fourth-order valence-corrected chi connectivity index (χ4v) is 4.18. The quantitative estimate of drug-likeness (QED) is 0.282. The van der Waals surface area contributed by atoms with Gasteiger partial charge in [-0.05, 0) is 24.8 Å². The fraction of sp³-hybridized carbons (Fsp3) is 0.552. The molecule has 0 bridgehead atoms. The molecule has 1 fully saturated rings. The molecule has 3 rings (SSSR count). The van der Waals surface area contributed by atoms with Crippen molar-refractivity contribution in [2.75, 3.05) is 20.3 Å². The number of nitrogens with one attached hydrogen (secondary N) is 3. The molecular formula is C29H40N4O7. The fourth-order valence-electron chi connectivity index (χ4n) is 4.18. The molecule has 3 N–H and O–H groups in total. The van der Waals surface area contributed by atoms with Gasteiger partial charge in [-0.2, -0.15) is 0 Å². The first-order valence-electron chi connectivity index (χ1n) is 13.5. The molecule has 3 unspecified atom stereocenters. The van der Waals surface area contributed by atoms with E-state index in [1.807, 2.05) is 58.0 Å². The number of aromatic nitrogens is 1. The summed E-state index contributed by atoms with van der Waals surface area (Å²) in [5.41, 5.74) is -0.0691. The van der Waals surface area contributed by atoms with Crippen molar-refractivity contribution in [3.8, 4) is 0 Å². The van der Waals surface area contributed by atoms with Crippen LogP contribution in [0.15, 0.2) is 40.9 Å². The lowest BCUT2D eigenvalue weighted by atomic mass is 9.93. The Morgan fingerprint density at radius 2 is 1.60 bits per heavy atom. The van der Waals surface area contributed by atoms with E-state index in [0.29, 0.717) is 18.8 Å². The Kier molecular flexibility index (Phi) is 10.6. The number of hydrogen-bond donors (Lipinski definition) is 3. The second-order valence-electron chi connectivity index (χ2n) is 11.1. The van der Waals surface area contributed by atoms with E-state index in [4.69, 9.17) is 14.0 Å². The smallest absolute Gasteiger partial charge is 0.274 e. The van der Waals surface area contributed by atoms with Crippen molar-refractivity contribution >= 4 is 23.5 Å². The summed E-state index contributed by atoms with van der Waals surface area (Å²) in [5, 5.41) is 12.0. The molecule has 2 heterocycles. The van der Waals surface area contributed by atoms with Gasteiger partial charge in [0.1, 0.15) is 23.4 Å². The minimum Gasteiger partial charge on any atom is -0.382 e. The van der Waals surface area contributed by atoms with E-state index in [0.717, 1.165) is 5.56 Å². The van der Waals surface area contributed by atoms with Gasteiger partial charge in [-0.15, -0.1) is 0 Å². The van der Waals surface area contributed by atoms with Crippen LogP contribution in [0.5, 0.6) is 0 Å². The number of ketones is 1. The van der Waals surface area contributed by atoms with Crippen LogP contribution in [0.3, 0.4) is 0 Å². The molecule has 218 valence electrons. The number of carbonyl (C=O) groups is 4. The van der Waals surface area contributed by atoms with E-state index in [2.05, 4.69) is 21.1 Å². The Hall–Kier alpha value is -3.57. The van der Waals surface area contributed by atoms with Crippen LogP contribution < -0.4 is 16.0 Å². The number of epoxide rings is 1. The number of amides is 3.